The number of benzene rings is 1. The van der Waals surface area contributed by atoms with Crippen LogP contribution in [0, 0.1) is 0 Å². The van der Waals surface area contributed by atoms with Crippen molar-refractivity contribution in [1.29, 1.82) is 0 Å². The van der Waals surface area contributed by atoms with Gasteiger partial charge in [-0.1, -0.05) is 12.1 Å². The highest BCUT2D eigenvalue weighted by atomic mass is 35.5. The standard InChI is InChI=1S/C14H22N2O2.ClH/c1-17-13-6-2-3-7-14(13)18-10-9-16-8-4-5-12(15)11-16;/h2-3,6-7,12H,4-5,8-11,15H2,1H3;1H. The summed E-state index contributed by atoms with van der Waals surface area (Å²) in [6, 6.07) is 8.06. The Labute approximate surface area is 121 Å². The van der Waals surface area contributed by atoms with Gasteiger partial charge in [-0.05, 0) is 31.5 Å². The summed E-state index contributed by atoms with van der Waals surface area (Å²) in [6.45, 7) is 3.71. The van der Waals surface area contributed by atoms with Crippen molar-refractivity contribution in [2.24, 2.45) is 5.73 Å². The molecule has 2 rings (SSSR count). The second-order valence-electron chi connectivity index (χ2n) is 4.70. The predicted molar refractivity (Wildman–Crippen MR) is 79.4 cm³/mol. The third kappa shape index (κ3) is 4.90. The van der Waals surface area contributed by atoms with Crippen LogP contribution >= 0.6 is 12.4 Å². The Morgan fingerprint density at radius 1 is 1.32 bits per heavy atom. The topological polar surface area (TPSA) is 47.7 Å². The molecule has 1 heterocycles. The van der Waals surface area contributed by atoms with Gasteiger partial charge in [0, 0.05) is 19.1 Å². The summed E-state index contributed by atoms with van der Waals surface area (Å²) in [5.74, 6) is 1.59. The Morgan fingerprint density at radius 3 is 2.74 bits per heavy atom. The van der Waals surface area contributed by atoms with Gasteiger partial charge in [0.05, 0.1) is 7.11 Å². The fourth-order valence-corrected chi connectivity index (χ4v) is 2.32. The minimum absolute atomic E-state index is 0. The maximum atomic E-state index is 5.95. The lowest BCUT2D eigenvalue weighted by Crippen LogP contribution is -2.44. The Morgan fingerprint density at radius 2 is 2.05 bits per heavy atom. The summed E-state index contributed by atoms with van der Waals surface area (Å²) in [5.41, 5.74) is 5.95. The quantitative estimate of drug-likeness (QED) is 0.898. The summed E-state index contributed by atoms with van der Waals surface area (Å²) >= 11 is 0. The highest BCUT2D eigenvalue weighted by Gasteiger charge is 2.16. The number of nitrogens with zero attached hydrogens (tertiary/aromatic N) is 1. The van der Waals surface area contributed by atoms with E-state index in [-0.39, 0.29) is 12.4 Å². The Bertz CT molecular complexity index is 376. The molecule has 1 aliphatic heterocycles. The fraction of sp³-hybridized carbons (Fsp3) is 0.571. The van der Waals surface area contributed by atoms with E-state index < -0.39 is 0 Å². The number of para-hydroxylation sites is 2. The van der Waals surface area contributed by atoms with Gasteiger partial charge < -0.3 is 15.2 Å². The first-order valence-corrected chi connectivity index (χ1v) is 6.53. The molecule has 1 aromatic rings. The molecule has 1 aromatic carbocycles. The van der Waals surface area contributed by atoms with Crippen molar-refractivity contribution in [2.45, 2.75) is 18.9 Å². The first-order valence-electron chi connectivity index (χ1n) is 6.53. The summed E-state index contributed by atoms with van der Waals surface area (Å²) in [5, 5.41) is 0. The molecule has 1 saturated heterocycles. The molecular weight excluding hydrogens is 264 g/mol. The van der Waals surface area contributed by atoms with E-state index in [4.69, 9.17) is 15.2 Å². The molecule has 0 saturated carbocycles. The van der Waals surface area contributed by atoms with Crippen LogP contribution in [0.3, 0.4) is 0 Å². The van der Waals surface area contributed by atoms with E-state index in [2.05, 4.69) is 4.90 Å². The Kier molecular flexibility index (Phi) is 6.99. The first kappa shape index (κ1) is 16.1. The third-order valence-corrected chi connectivity index (χ3v) is 3.28. The Hall–Kier alpha value is -0.970. The van der Waals surface area contributed by atoms with Crippen LogP contribution in [0.2, 0.25) is 0 Å². The largest absolute Gasteiger partial charge is 0.493 e. The van der Waals surface area contributed by atoms with Crippen LogP contribution < -0.4 is 15.2 Å². The maximum Gasteiger partial charge on any atom is 0.161 e. The summed E-state index contributed by atoms with van der Waals surface area (Å²) in [7, 11) is 1.66. The van der Waals surface area contributed by atoms with Crippen LogP contribution in [-0.2, 0) is 0 Å². The first-order chi connectivity index (χ1) is 8.79. The predicted octanol–water partition coefficient (Wildman–Crippen LogP) is 1.92. The zero-order chi connectivity index (χ0) is 12.8. The zero-order valence-electron chi connectivity index (χ0n) is 11.4. The van der Waals surface area contributed by atoms with Crippen molar-refractivity contribution in [3.8, 4) is 11.5 Å². The van der Waals surface area contributed by atoms with Gasteiger partial charge in [0.1, 0.15) is 6.61 Å². The maximum absolute atomic E-state index is 5.95. The van der Waals surface area contributed by atoms with Gasteiger partial charge in [-0.25, -0.2) is 0 Å². The van der Waals surface area contributed by atoms with Crippen LogP contribution in [0.1, 0.15) is 12.8 Å². The molecule has 108 valence electrons. The summed E-state index contributed by atoms with van der Waals surface area (Å²) < 4.78 is 11.0. The molecule has 1 aliphatic rings. The van der Waals surface area contributed by atoms with Crippen molar-refractivity contribution >= 4 is 12.4 Å². The second kappa shape index (κ2) is 8.25. The molecule has 0 radical (unpaired) electrons. The van der Waals surface area contributed by atoms with Gasteiger partial charge in [-0.2, -0.15) is 0 Å². The van der Waals surface area contributed by atoms with E-state index in [1.165, 1.54) is 6.42 Å². The number of methoxy groups -OCH3 is 1. The van der Waals surface area contributed by atoms with Crippen molar-refractivity contribution in [1.82, 2.24) is 4.90 Å². The number of ether oxygens (including phenoxy) is 2. The minimum Gasteiger partial charge on any atom is -0.493 e. The average molecular weight is 287 g/mol. The molecule has 5 heteroatoms. The van der Waals surface area contributed by atoms with Crippen LogP contribution in [0.15, 0.2) is 24.3 Å². The van der Waals surface area contributed by atoms with E-state index in [0.717, 1.165) is 37.6 Å². The minimum atomic E-state index is 0. The van der Waals surface area contributed by atoms with Crippen molar-refractivity contribution < 1.29 is 9.47 Å². The molecule has 2 N–H and O–H groups in total. The van der Waals surface area contributed by atoms with E-state index in [1.54, 1.807) is 7.11 Å². The lowest BCUT2D eigenvalue weighted by atomic mass is 10.1. The lowest BCUT2D eigenvalue weighted by Gasteiger charge is -2.30. The van der Waals surface area contributed by atoms with Gasteiger partial charge in [-0.15, -0.1) is 12.4 Å². The molecule has 0 aliphatic carbocycles. The smallest absolute Gasteiger partial charge is 0.161 e. The molecule has 19 heavy (non-hydrogen) atoms. The van der Waals surface area contributed by atoms with E-state index >= 15 is 0 Å². The number of piperidine rings is 1. The van der Waals surface area contributed by atoms with Crippen LogP contribution in [0.25, 0.3) is 0 Å². The van der Waals surface area contributed by atoms with E-state index in [0.29, 0.717) is 12.6 Å². The van der Waals surface area contributed by atoms with Gasteiger partial charge in [0.25, 0.3) is 0 Å². The SMILES string of the molecule is COc1ccccc1OCCN1CCCC(N)C1.Cl. The van der Waals surface area contributed by atoms with Crippen LogP contribution in [0.4, 0.5) is 0 Å². The van der Waals surface area contributed by atoms with Gasteiger partial charge in [-0.3, -0.25) is 4.90 Å². The van der Waals surface area contributed by atoms with Crippen LogP contribution in [-0.4, -0.2) is 44.3 Å². The molecule has 0 bridgehead atoms. The summed E-state index contributed by atoms with van der Waals surface area (Å²) in [6.07, 6.45) is 2.33. The molecule has 0 amide bonds. The number of nitrogens with two attached hydrogens (primary N) is 1. The highest BCUT2D eigenvalue weighted by molar-refractivity contribution is 5.85. The molecule has 4 nitrogen and oxygen atoms in total. The van der Waals surface area contributed by atoms with Crippen molar-refractivity contribution in [2.75, 3.05) is 33.4 Å². The zero-order valence-corrected chi connectivity index (χ0v) is 12.2. The lowest BCUT2D eigenvalue weighted by molar-refractivity contribution is 0.169. The monoisotopic (exact) mass is 286 g/mol. The van der Waals surface area contributed by atoms with E-state index in [9.17, 15) is 0 Å². The Balaban J connectivity index is 0.00000180. The van der Waals surface area contributed by atoms with Gasteiger partial charge in [0.15, 0.2) is 11.5 Å². The molecule has 1 fully saturated rings. The second-order valence-corrected chi connectivity index (χ2v) is 4.70. The van der Waals surface area contributed by atoms with Gasteiger partial charge >= 0.3 is 0 Å². The van der Waals surface area contributed by atoms with Crippen LogP contribution in [0.5, 0.6) is 11.5 Å². The third-order valence-electron chi connectivity index (χ3n) is 3.28. The molecule has 1 atom stereocenters. The molecule has 1 unspecified atom stereocenters. The fourth-order valence-electron chi connectivity index (χ4n) is 2.32. The van der Waals surface area contributed by atoms with E-state index in [1.807, 2.05) is 24.3 Å². The molecular formula is C14H23ClN2O2. The number of halogens is 1. The highest BCUT2D eigenvalue weighted by Crippen LogP contribution is 2.25. The number of hydrogen-bond donors (Lipinski definition) is 1. The number of rotatable bonds is 5. The summed E-state index contributed by atoms with van der Waals surface area (Å²) in [4.78, 5) is 2.36. The normalized spacial score (nSPS) is 19.6. The van der Waals surface area contributed by atoms with Crippen molar-refractivity contribution in [3.05, 3.63) is 24.3 Å². The number of hydrogen-bond acceptors (Lipinski definition) is 4. The molecule has 0 spiro atoms. The average Bonchev–Trinajstić information content (AvgIpc) is 2.39. The van der Waals surface area contributed by atoms with Gasteiger partial charge in [0.2, 0.25) is 0 Å². The number of likely N-dealkylation sites (tertiary alicyclic amines) is 1. The van der Waals surface area contributed by atoms with Crippen molar-refractivity contribution in [3.63, 3.8) is 0 Å². The molecule has 0 aromatic heterocycles.